The highest BCUT2D eigenvalue weighted by Gasteiger charge is 2.32. The molecule has 0 aliphatic rings. The average molecular weight is 528 g/mol. The molecule has 0 heterocycles. The molecule has 0 saturated heterocycles. The van der Waals surface area contributed by atoms with Crippen LogP contribution in [0.3, 0.4) is 0 Å². The second-order valence-electron chi connectivity index (χ2n) is 8.36. The molecule has 2 amide bonds. The number of hydrogen-bond donors (Lipinski definition) is 1. The molecular weight excluding hydrogens is 498 g/mol. The molecular formula is C27H30ClN3O4S. The highest BCUT2D eigenvalue weighted by molar-refractivity contribution is 7.92. The lowest BCUT2D eigenvalue weighted by Crippen LogP contribution is -2.53. The lowest BCUT2D eigenvalue weighted by molar-refractivity contribution is -0.140. The van der Waals surface area contributed by atoms with Gasteiger partial charge in [-0.1, -0.05) is 72.3 Å². The van der Waals surface area contributed by atoms with Gasteiger partial charge >= 0.3 is 0 Å². The van der Waals surface area contributed by atoms with Crippen molar-refractivity contribution in [3.05, 3.63) is 101 Å². The van der Waals surface area contributed by atoms with Gasteiger partial charge in [-0.25, -0.2) is 8.42 Å². The van der Waals surface area contributed by atoms with Crippen molar-refractivity contribution in [3.63, 3.8) is 0 Å². The predicted octanol–water partition coefficient (Wildman–Crippen LogP) is 3.88. The van der Waals surface area contributed by atoms with Crippen LogP contribution in [0.4, 0.5) is 5.69 Å². The van der Waals surface area contributed by atoms with Gasteiger partial charge in [-0.3, -0.25) is 13.9 Å². The molecule has 3 aromatic carbocycles. The second kappa shape index (κ2) is 12.6. The first-order chi connectivity index (χ1) is 17.2. The van der Waals surface area contributed by atoms with E-state index in [0.29, 0.717) is 17.3 Å². The van der Waals surface area contributed by atoms with Crippen molar-refractivity contribution in [1.29, 1.82) is 0 Å². The number of benzene rings is 3. The number of anilines is 1. The fourth-order valence-corrected chi connectivity index (χ4v) is 4.95. The fraction of sp³-hybridized carbons (Fsp3) is 0.259. The third kappa shape index (κ3) is 7.57. The van der Waals surface area contributed by atoms with Crippen LogP contribution in [-0.2, 0) is 32.6 Å². The van der Waals surface area contributed by atoms with Crippen LogP contribution in [0.15, 0.2) is 84.9 Å². The number of halogens is 1. The summed E-state index contributed by atoms with van der Waals surface area (Å²) in [6, 6.07) is 24.0. The summed E-state index contributed by atoms with van der Waals surface area (Å²) in [6.07, 6.45) is 1.32. The quantitative estimate of drug-likeness (QED) is 0.410. The standard InChI is InChI=1S/C27H30ClN3O4S/c1-3-29-27(33)25(18-21-11-6-4-7-12-21)30(19-22-13-10-14-23(28)17-22)26(32)20-31(36(2,34)35)24-15-8-5-9-16-24/h4-17,25H,3,18-20H2,1-2H3,(H,29,33). The number of carbonyl (C=O) groups is 2. The van der Waals surface area contributed by atoms with E-state index in [2.05, 4.69) is 5.32 Å². The van der Waals surface area contributed by atoms with Gasteiger partial charge in [0.2, 0.25) is 21.8 Å². The van der Waals surface area contributed by atoms with E-state index in [0.717, 1.165) is 21.7 Å². The molecule has 0 aromatic heterocycles. The zero-order valence-electron chi connectivity index (χ0n) is 20.3. The molecule has 3 aromatic rings. The number of nitrogens with one attached hydrogen (secondary N) is 1. The molecule has 0 saturated carbocycles. The van der Waals surface area contributed by atoms with Crippen LogP contribution in [0.2, 0.25) is 5.02 Å². The molecule has 0 bridgehead atoms. The number of likely N-dealkylation sites (N-methyl/N-ethyl adjacent to an activating group) is 1. The second-order valence-corrected chi connectivity index (χ2v) is 10.7. The van der Waals surface area contributed by atoms with Crippen molar-refractivity contribution in [3.8, 4) is 0 Å². The van der Waals surface area contributed by atoms with Crippen molar-refractivity contribution in [1.82, 2.24) is 10.2 Å². The molecule has 0 aliphatic heterocycles. The molecule has 0 fully saturated rings. The molecule has 1 unspecified atom stereocenters. The summed E-state index contributed by atoms with van der Waals surface area (Å²) in [4.78, 5) is 28.5. The Morgan fingerprint density at radius 1 is 0.917 bits per heavy atom. The first kappa shape index (κ1) is 27.2. The number of nitrogens with zero attached hydrogens (tertiary/aromatic N) is 2. The van der Waals surface area contributed by atoms with Crippen molar-refractivity contribution in [2.75, 3.05) is 23.7 Å². The van der Waals surface area contributed by atoms with Gasteiger partial charge in [-0.15, -0.1) is 0 Å². The van der Waals surface area contributed by atoms with Crippen molar-refractivity contribution in [2.24, 2.45) is 0 Å². The van der Waals surface area contributed by atoms with Gasteiger partial charge in [0.05, 0.1) is 11.9 Å². The minimum absolute atomic E-state index is 0.0837. The molecule has 9 heteroatoms. The maximum Gasteiger partial charge on any atom is 0.244 e. The Bertz CT molecular complexity index is 1270. The van der Waals surface area contributed by atoms with Crippen LogP contribution in [-0.4, -0.2) is 50.5 Å². The number of rotatable bonds is 11. The molecule has 1 atom stereocenters. The van der Waals surface area contributed by atoms with Crippen LogP contribution >= 0.6 is 11.6 Å². The highest BCUT2D eigenvalue weighted by Crippen LogP contribution is 2.21. The topological polar surface area (TPSA) is 86.8 Å². The van der Waals surface area contributed by atoms with E-state index >= 15 is 0 Å². The van der Waals surface area contributed by atoms with Crippen molar-refractivity contribution >= 4 is 39.1 Å². The molecule has 3 rings (SSSR count). The SMILES string of the molecule is CCNC(=O)C(Cc1ccccc1)N(Cc1cccc(Cl)c1)C(=O)CN(c1ccccc1)S(C)(=O)=O. The maximum absolute atomic E-state index is 13.8. The van der Waals surface area contributed by atoms with E-state index in [-0.39, 0.29) is 18.9 Å². The Kier molecular flexibility index (Phi) is 9.50. The summed E-state index contributed by atoms with van der Waals surface area (Å²) < 4.78 is 26.4. The molecule has 190 valence electrons. The summed E-state index contributed by atoms with van der Waals surface area (Å²) in [5.74, 6) is -0.821. The Hall–Kier alpha value is -3.36. The summed E-state index contributed by atoms with van der Waals surface area (Å²) in [6.45, 7) is 1.83. The average Bonchev–Trinajstić information content (AvgIpc) is 2.85. The van der Waals surface area contributed by atoms with Gasteiger partial charge in [0, 0.05) is 24.5 Å². The Balaban J connectivity index is 2.02. The number of hydrogen-bond acceptors (Lipinski definition) is 4. The zero-order chi connectivity index (χ0) is 26.1. The van der Waals surface area contributed by atoms with E-state index in [1.807, 2.05) is 36.4 Å². The van der Waals surface area contributed by atoms with E-state index in [1.54, 1.807) is 55.5 Å². The molecule has 0 aliphatic carbocycles. The minimum Gasteiger partial charge on any atom is -0.355 e. The first-order valence-electron chi connectivity index (χ1n) is 11.6. The number of para-hydroxylation sites is 1. The van der Waals surface area contributed by atoms with Gasteiger partial charge in [-0.2, -0.15) is 0 Å². The van der Waals surface area contributed by atoms with Gasteiger partial charge < -0.3 is 10.2 Å². The van der Waals surface area contributed by atoms with Crippen molar-refractivity contribution < 1.29 is 18.0 Å². The van der Waals surface area contributed by atoms with Crippen LogP contribution in [0.25, 0.3) is 0 Å². The molecule has 7 nitrogen and oxygen atoms in total. The summed E-state index contributed by atoms with van der Waals surface area (Å²) in [5.41, 5.74) is 1.97. The monoisotopic (exact) mass is 527 g/mol. The van der Waals surface area contributed by atoms with E-state index in [4.69, 9.17) is 11.6 Å². The van der Waals surface area contributed by atoms with Crippen LogP contribution in [0.1, 0.15) is 18.1 Å². The van der Waals surface area contributed by atoms with Crippen molar-refractivity contribution in [2.45, 2.75) is 25.9 Å². The van der Waals surface area contributed by atoms with Crippen LogP contribution in [0.5, 0.6) is 0 Å². The number of amides is 2. The van der Waals surface area contributed by atoms with Gasteiger partial charge in [0.1, 0.15) is 12.6 Å². The number of sulfonamides is 1. The maximum atomic E-state index is 13.8. The summed E-state index contributed by atoms with van der Waals surface area (Å²) >= 11 is 6.18. The Morgan fingerprint density at radius 3 is 2.11 bits per heavy atom. The summed E-state index contributed by atoms with van der Waals surface area (Å²) in [5, 5.41) is 3.32. The smallest absolute Gasteiger partial charge is 0.244 e. The third-order valence-electron chi connectivity index (χ3n) is 5.59. The lowest BCUT2D eigenvalue weighted by Gasteiger charge is -2.33. The normalized spacial score (nSPS) is 12.0. The van der Waals surface area contributed by atoms with Gasteiger partial charge in [-0.05, 0) is 42.3 Å². The van der Waals surface area contributed by atoms with Gasteiger partial charge in [0.15, 0.2) is 0 Å². The first-order valence-corrected chi connectivity index (χ1v) is 13.8. The predicted molar refractivity (Wildman–Crippen MR) is 143 cm³/mol. The van der Waals surface area contributed by atoms with E-state index in [9.17, 15) is 18.0 Å². The molecule has 0 spiro atoms. The van der Waals surface area contributed by atoms with E-state index in [1.165, 1.54) is 4.90 Å². The number of carbonyl (C=O) groups excluding carboxylic acids is 2. The lowest BCUT2D eigenvalue weighted by atomic mass is 10.0. The minimum atomic E-state index is -3.78. The van der Waals surface area contributed by atoms with E-state index < -0.39 is 28.5 Å². The zero-order valence-corrected chi connectivity index (χ0v) is 21.9. The van der Waals surface area contributed by atoms with Crippen LogP contribution < -0.4 is 9.62 Å². The molecule has 1 N–H and O–H groups in total. The molecule has 36 heavy (non-hydrogen) atoms. The largest absolute Gasteiger partial charge is 0.355 e. The van der Waals surface area contributed by atoms with Gasteiger partial charge in [0.25, 0.3) is 0 Å². The molecule has 0 radical (unpaired) electrons. The highest BCUT2D eigenvalue weighted by atomic mass is 35.5. The summed E-state index contributed by atoms with van der Waals surface area (Å²) in [7, 11) is -3.78. The Morgan fingerprint density at radius 2 is 1.53 bits per heavy atom. The fourth-order valence-electron chi connectivity index (χ4n) is 3.89. The van der Waals surface area contributed by atoms with Crippen LogP contribution in [0, 0.1) is 0 Å². The Labute approximate surface area is 217 Å². The third-order valence-corrected chi connectivity index (χ3v) is 6.96.